The molecule has 0 unspecified atom stereocenters. The molecule has 1 aliphatic carbocycles. The van der Waals surface area contributed by atoms with Crippen LogP contribution in [0.5, 0.6) is 0 Å². The van der Waals surface area contributed by atoms with Crippen molar-refractivity contribution in [2.24, 2.45) is 11.0 Å². The molecule has 2 rings (SSSR count). The molecular weight excluding hydrogens is 284 g/mol. The summed E-state index contributed by atoms with van der Waals surface area (Å²) in [5, 5.41) is 4.04. The minimum Gasteiger partial charge on any atom is -0.200 e. The predicted molar refractivity (Wildman–Crippen MR) is 85.6 cm³/mol. The zero-order valence-corrected chi connectivity index (χ0v) is 13.2. The molecule has 0 bridgehead atoms. The Morgan fingerprint density at radius 2 is 2.00 bits per heavy atom. The summed E-state index contributed by atoms with van der Waals surface area (Å²) >= 11 is 0. The van der Waals surface area contributed by atoms with Crippen molar-refractivity contribution < 1.29 is 8.42 Å². The summed E-state index contributed by atoms with van der Waals surface area (Å²) in [5.41, 5.74) is 2.83. The average Bonchev–Trinajstić information content (AvgIpc) is 2.46. The van der Waals surface area contributed by atoms with Gasteiger partial charge in [-0.05, 0) is 50.8 Å². The molecule has 4 nitrogen and oxygen atoms in total. The normalized spacial score (nSPS) is 20.5. The molecule has 0 fully saturated rings. The number of nitrogens with zero attached hydrogens (tertiary/aromatic N) is 1. The van der Waals surface area contributed by atoms with Gasteiger partial charge in [0, 0.05) is 0 Å². The Morgan fingerprint density at radius 1 is 1.33 bits per heavy atom. The van der Waals surface area contributed by atoms with Crippen LogP contribution in [0.25, 0.3) is 0 Å². The summed E-state index contributed by atoms with van der Waals surface area (Å²) in [4.78, 5) is 2.52. The lowest BCUT2D eigenvalue weighted by atomic mass is 9.88. The maximum absolute atomic E-state index is 12.1. The van der Waals surface area contributed by atoms with Crippen molar-refractivity contribution in [2.45, 2.75) is 31.6 Å². The molecule has 112 valence electrons. The number of allylic oxidation sites excluding steroid dienone is 3. The molecule has 0 amide bonds. The molecule has 1 atom stereocenters. The second kappa shape index (κ2) is 6.26. The maximum Gasteiger partial charge on any atom is 0.276 e. The Kier molecular flexibility index (Phi) is 4.63. The van der Waals surface area contributed by atoms with E-state index in [9.17, 15) is 8.42 Å². The SMILES string of the molecule is C=C(C)[C@H]1CC=C/C(=N/NS(=O)(=O)c2ccc(C)cc2)C1. The molecule has 1 aromatic rings. The molecule has 1 aromatic carbocycles. The molecule has 0 saturated carbocycles. The van der Waals surface area contributed by atoms with Crippen LogP contribution >= 0.6 is 0 Å². The van der Waals surface area contributed by atoms with Gasteiger partial charge in [0.25, 0.3) is 10.0 Å². The van der Waals surface area contributed by atoms with E-state index < -0.39 is 10.0 Å². The summed E-state index contributed by atoms with van der Waals surface area (Å²) in [6.07, 6.45) is 5.50. The van der Waals surface area contributed by atoms with Crippen molar-refractivity contribution >= 4 is 15.7 Å². The van der Waals surface area contributed by atoms with E-state index in [1.165, 1.54) is 0 Å². The summed E-state index contributed by atoms with van der Waals surface area (Å²) in [6.45, 7) is 7.85. The second-order valence-corrected chi connectivity index (χ2v) is 7.06. The number of aryl methyl sites for hydroxylation is 1. The van der Waals surface area contributed by atoms with Gasteiger partial charge in [0.15, 0.2) is 0 Å². The first-order valence-electron chi connectivity index (χ1n) is 6.85. The molecule has 0 saturated heterocycles. The molecule has 21 heavy (non-hydrogen) atoms. The standard InChI is InChI=1S/C16H20N2O2S/c1-12(2)14-5-4-6-15(11-14)17-18-21(19,20)16-9-7-13(3)8-10-16/h4,6-10,14,18H,1,5,11H2,2-3H3/b17-15-/t14-/m0/s1. The Labute approximate surface area is 126 Å². The predicted octanol–water partition coefficient (Wildman–Crippen LogP) is 3.17. The smallest absolute Gasteiger partial charge is 0.200 e. The minimum atomic E-state index is -3.61. The third-order valence-electron chi connectivity index (χ3n) is 3.52. The van der Waals surface area contributed by atoms with Crippen LogP contribution in [0.2, 0.25) is 0 Å². The summed E-state index contributed by atoms with van der Waals surface area (Å²) in [6, 6.07) is 6.68. The fourth-order valence-electron chi connectivity index (χ4n) is 2.12. The third-order valence-corrected chi connectivity index (χ3v) is 4.75. The van der Waals surface area contributed by atoms with Crippen molar-refractivity contribution in [3.05, 3.63) is 54.1 Å². The van der Waals surface area contributed by atoms with Gasteiger partial charge in [-0.3, -0.25) is 0 Å². The van der Waals surface area contributed by atoms with E-state index in [1.54, 1.807) is 24.3 Å². The molecular formula is C16H20N2O2S. The van der Waals surface area contributed by atoms with Crippen LogP contribution in [-0.4, -0.2) is 14.1 Å². The first-order valence-corrected chi connectivity index (χ1v) is 8.34. The van der Waals surface area contributed by atoms with Gasteiger partial charge in [0.1, 0.15) is 0 Å². The van der Waals surface area contributed by atoms with E-state index >= 15 is 0 Å². The van der Waals surface area contributed by atoms with E-state index in [0.29, 0.717) is 12.3 Å². The number of hydrogen-bond donors (Lipinski definition) is 1. The van der Waals surface area contributed by atoms with E-state index in [0.717, 1.165) is 23.3 Å². The van der Waals surface area contributed by atoms with Crippen molar-refractivity contribution in [1.29, 1.82) is 0 Å². The van der Waals surface area contributed by atoms with Crippen LogP contribution < -0.4 is 4.83 Å². The fourth-order valence-corrected chi connectivity index (χ4v) is 2.96. The molecule has 0 radical (unpaired) electrons. The highest BCUT2D eigenvalue weighted by atomic mass is 32.2. The topological polar surface area (TPSA) is 58.5 Å². The van der Waals surface area contributed by atoms with Gasteiger partial charge in [-0.15, -0.1) is 0 Å². The Morgan fingerprint density at radius 3 is 2.62 bits per heavy atom. The number of hydrazone groups is 1. The Balaban J connectivity index is 2.12. The van der Waals surface area contributed by atoms with Crippen LogP contribution in [0, 0.1) is 12.8 Å². The van der Waals surface area contributed by atoms with E-state index in [1.807, 2.05) is 26.0 Å². The minimum absolute atomic E-state index is 0.216. The summed E-state index contributed by atoms with van der Waals surface area (Å²) < 4.78 is 24.3. The number of rotatable bonds is 4. The highest BCUT2D eigenvalue weighted by molar-refractivity contribution is 7.89. The molecule has 5 heteroatoms. The number of hydrogen-bond acceptors (Lipinski definition) is 3. The zero-order chi connectivity index (χ0) is 15.5. The number of sulfonamides is 1. The van der Waals surface area contributed by atoms with Gasteiger partial charge in [-0.25, -0.2) is 0 Å². The van der Waals surface area contributed by atoms with Crippen molar-refractivity contribution in [3.63, 3.8) is 0 Å². The molecule has 0 aromatic heterocycles. The molecule has 1 aliphatic rings. The quantitative estimate of drug-likeness (QED) is 0.686. The highest BCUT2D eigenvalue weighted by Crippen LogP contribution is 2.23. The van der Waals surface area contributed by atoms with Gasteiger partial charge in [0.2, 0.25) is 0 Å². The van der Waals surface area contributed by atoms with Gasteiger partial charge in [-0.2, -0.15) is 18.4 Å². The zero-order valence-electron chi connectivity index (χ0n) is 12.3. The lowest BCUT2D eigenvalue weighted by Gasteiger charge is -2.19. The largest absolute Gasteiger partial charge is 0.276 e. The van der Waals surface area contributed by atoms with Crippen LogP contribution in [-0.2, 0) is 10.0 Å². The fraction of sp³-hybridized carbons (Fsp3) is 0.312. The first-order chi connectivity index (χ1) is 9.88. The van der Waals surface area contributed by atoms with Gasteiger partial charge in [0.05, 0.1) is 10.6 Å². The van der Waals surface area contributed by atoms with Crippen LogP contribution in [0.4, 0.5) is 0 Å². The lowest BCUT2D eigenvalue weighted by Crippen LogP contribution is -2.21. The van der Waals surface area contributed by atoms with Crippen LogP contribution in [0.1, 0.15) is 25.3 Å². The molecule has 0 aliphatic heterocycles. The second-order valence-electron chi connectivity index (χ2n) is 5.40. The first kappa shape index (κ1) is 15.5. The van der Waals surface area contributed by atoms with Gasteiger partial charge in [-0.1, -0.05) is 35.9 Å². The third kappa shape index (κ3) is 4.04. The van der Waals surface area contributed by atoms with Crippen molar-refractivity contribution in [3.8, 4) is 0 Å². The van der Waals surface area contributed by atoms with Crippen molar-refractivity contribution in [1.82, 2.24) is 4.83 Å². The molecule has 0 spiro atoms. The molecule has 1 N–H and O–H groups in total. The lowest BCUT2D eigenvalue weighted by molar-refractivity contribution is 0.583. The Hall–Kier alpha value is -1.88. The Bertz CT molecular complexity index is 685. The molecule has 0 heterocycles. The van der Waals surface area contributed by atoms with E-state index in [-0.39, 0.29) is 4.90 Å². The number of nitrogens with one attached hydrogen (secondary N) is 1. The van der Waals surface area contributed by atoms with E-state index in [2.05, 4.69) is 16.5 Å². The van der Waals surface area contributed by atoms with Crippen LogP contribution in [0.3, 0.4) is 0 Å². The average molecular weight is 304 g/mol. The monoisotopic (exact) mass is 304 g/mol. The van der Waals surface area contributed by atoms with Gasteiger partial charge >= 0.3 is 0 Å². The van der Waals surface area contributed by atoms with Crippen molar-refractivity contribution in [2.75, 3.05) is 0 Å². The summed E-state index contributed by atoms with van der Waals surface area (Å²) in [5.74, 6) is 0.331. The van der Waals surface area contributed by atoms with Crippen LogP contribution in [0.15, 0.2) is 58.6 Å². The highest BCUT2D eigenvalue weighted by Gasteiger charge is 2.16. The van der Waals surface area contributed by atoms with E-state index in [4.69, 9.17) is 0 Å². The number of benzene rings is 1. The van der Waals surface area contributed by atoms with Gasteiger partial charge < -0.3 is 0 Å². The summed E-state index contributed by atoms with van der Waals surface area (Å²) in [7, 11) is -3.61. The maximum atomic E-state index is 12.1.